The van der Waals surface area contributed by atoms with Gasteiger partial charge in [0.15, 0.2) is 0 Å². The number of allylic oxidation sites excluding steroid dienone is 2. The summed E-state index contributed by atoms with van der Waals surface area (Å²) in [6.07, 6.45) is 5.03. The smallest absolute Gasteiger partial charge is 0.266 e. The molecule has 0 aliphatic carbocycles. The van der Waals surface area contributed by atoms with Gasteiger partial charge in [0.2, 0.25) is 0 Å². The predicted octanol–water partition coefficient (Wildman–Crippen LogP) is 4.61. The number of amides is 1. The number of thioether (sulfide) groups is 2. The first-order chi connectivity index (χ1) is 11.2. The largest absolute Gasteiger partial charge is 0.335 e. The van der Waals surface area contributed by atoms with Crippen molar-refractivity contribution in [2.45, 2.75) is 25.2 Å². The third-order valence-corrected chi connectivity index (χ3v) is 6.18. The molecule has 2 heterocycles. The van der Waals surface area contributed by atoms with E-state index in [0.717, 1.165) is 18.0 Å². The molecule has 23 heavy (non-hydrogen) atoms. The van der Waals surface area contributed by atoms with Gasteiger partial charge in [0.1, 0.15) is 4.32 Å². The van der Waals surface area contributed by atoms with Gasteiger partial charge in [0.05, 0.1) is 15.6 Å². The van der Waals surface area contributed by atoms with Crippen molar-refractivity contribution in [3.8, 4) is 0 Å². The molecular formula is C17H18N2OS3. The first kappa shape index (κ1) is 16.6. The molecule has 3 rings (SSSR count). The molecule has 1 aromatic carbocycles. The summed E-state index contributed by atoms with van der Waals surface area (Å²) in [6.45, 7) is 5.72. The Balaban J connectivity index is 1.87. The van der Waals surface area contributed by atoms with Crippen LogP contribution in [-0.4, -0.2) is 28.2 Å². The van der Waals surface area contributed by atoms with Gasteiger partial charge in [0, 0.05) is 18.0 Å². The highest BCUT2D eigenvalue weighted by Crippen LogP contribution is 2.46. The van der Waals surface area contributed by atoms with Crippen molar-refractivity contribution in [1.29, 1.82) is 0 Å². The molecule has 0 radical (unpaired) electrons. The molecule has 0 aromatic heterocycles. The first-order valence-corrected chi connectivity index (χ1v) is 9.70. The van der Waals surface area contributed by atoms with Crippen LogP contribution in [0.5, 0.6) is 0 Å². The fourth-order valence-corrected chi connectivity index (χ4v) is 4.98. The van der Waals surface area contributed by atoms with E-state index in [-0.39, 0.29) is 5.91 Å². The van der Waals surface area contributed by atoms with Crippen molar-refractivity contribution < 1.29 is 4.79 Å². The van der Waals surface area contributed by atoms with E-state index in [4.69, 9.17) is 12.2 Å². The maximum atomic E-state index is 12.3. The lowest BCUT2D eigenvalue weighted by Crippen LogP contribution is -2.27. The number of likely N-dealkylation sites (N-methyl/N-ethyl adjacent to an activating group) is 1. The van der Waals surface area contributed by atoms with Gasteiger partial charge in [-0.15, -0.1) is 0 Å². The van der Waals surface area contributed by atoms with E-state index in [9.17, 15) is 4.79 Å². The second kappa shape index (κ2) is 7.11. The molecule has 120 valence electrons. The Morgan fingerprint density at radius 3 is 2.61 bits per heavy atom. The van der Waals surface area contributed by atoms with Gasteiger partial charge in [-0.1, -0.05) is 54.8 Å². The molecule has 1 fully saturated rings. The maximum Gasteiger partial charge on any atom is 0.266 e. The van der Waals surface area contributed by atoms with Gasteiger partial charge in [0.25, 0.3) is 5.91 Å². The van der Waals surface area contributed by atoms with Crippen LogP contribution in [0.2, 0.25) is 0 Å². The van der Waals surface area contributed by atoms with Crippen LogP contribution in [-0.2, 0) is 4.79 Å². The molecule has 1 saturated heterocycles. The number of rotatable bonds is 4. The number of thiocarbonyl (C=S) groups is 1. The fraction of sp³-hybridized carbons (Fsp3) is 0.294. The normalized spacial score (nSPS) is 21.0. The summed E-state index contributed by atoms with van der Waals surface area (Å²) in [5, 5.41) is 1.16. The standard InChI is InChI=1S/C17H18N2OS3/c1-3-11-19-12-7-5-6-8-13(12)22-15(19)10-9-14-16(20)18(4-2)17(21)23-14/h5-10H,3-4,11H2,1-2H3/b14-9-,15-10+. The Kier molecular flexibility index (Phi) is 5.14. The number of carbonyl (C=O) groups is 1. The SMILES string of the molecule is CCCN1/C(=C\C=C2/SC(=S)N(CC)C2=O)Sc2ccccc21. The zero-order chi connectivity index (χ0) is 16.4. The Morgan fingerprint density at radius 1 is 1.13 bits per heavy atom. The summed E-state index contributed by atoms with van der Waals surface area (Å²) in [5.74, 6) is 0.0157. The van der Waals surface area contributed by atoms with Crippen LogP contribution in [0, 0.1) is 0 Å². The third-order valence-electron chi connectivity index (χ3n) is 3.65. The summed E-state index contributed by atoms with van der Waals surface area (Å²) in [6, 6.07) is 8.41. The van der Waals surface area contributed by atoms with Crippen LogP contribution in [0.3, 0.4) is 0 Å². The van der Waals surface area contributed by atoms with Crippen molar-refractivity contribution in [3.63, 3.8) is 0 Å². The van der Waals surface area contributed by atoms with Gasteiger partial charge in [-0.2, -0.15) is 0 Å². The van der Waals surface area contributed by atoms with Crippen molar-refractivity contribution in [2.75, 3.05) is 18.0 Å². The van der Waals surface area contributed by atoms with Crippen LogP contribution in [0.25, 0.3) is 0 Å². The highest BCUT2D eigenvalue weighted by molar-refractivity contribution is 8.26. The summed E-state index contributed by atoms with van der Waals surface area (Å²) < 4.78 is 0.648. The van der Waals surface area contributed by atoms with E-state index in [1.165, 1.54) is 22.3 Å². The maximum absolute atomic E-state index is 12.3. The topological polar surface area (TPSA) is 23.6 Å². The van der Waals surface area contributed by atoms with Gasteiger partial charge in [-0.05, 0) is 37.6 Å². The number of hydrogen-bond donors (Lipinski definition) is 0. The van der Waals surface area contributed by atoms with Crippen LogP contribution < -0.4 is 4.90 Å². The molecule has 0 bridgehead atoms. The van der Waals surface area contributed by atoms with Crippen molar-refractivity contribution in [1.82, 2.24) is 4.90 Å². The zero-order valence-corrected chi connectivity index (χ0v) is 15.6. The number of carbonyl (C=O) groups excluding carboxylic acids is 1. The summed E-state index contributed by atoms with van der Waals surface area (Å²) in [7, 11) is 0. The molecule has 0 unspecified atom stereocenters. The Labute approximate surface area is 150 Å². The quantitative estimate of drug-likeness (QED) is 0.575. The molecule has 2 aliphatic rings. The van der Waals surface area contributed by atoms with E-state index < -0.39 is 0 Å². The van der Waals surface area contributed by atoms with E-state index >= 15 is 0 Å². The van der Waals surface area contributed by atoms with Crippen LogP contribution in [0.1, 0.15) is 20.3 Å². The number of benzene rings is 1. The van der Waals surface area contributed by atoms with Crippen molar-refractivity contribution in [3.05, 3.63) is 46.4 Å². The molecule has 0 saturated carbocycles. The summed E-state index contributed by atoms with van der Waals surface area (Å²) in [5.41, 5.74) is 1.25. The second-order valence-corrected chi connectivity index (χ2v) is 7.91. The highest BCUT2D eigenvalue weighted by atomic mass is 32.2. The number of nitrogens with zero attached hydrogens (tertiary/aromatic N) is 2. The monoisotopic (exact) mass is 362 g/mol. The van der Waals surface area contributed by atoms with E-state index in [1.54, 1.807) is 16.7 Å². The highest BCUT2D eigenvalue weighted by Gasteiger charge is 2.30. The molecule has 0 atom stereocenters. The van der Waals surface area contributed by atoms with Gasteiger partial charge < -0.3 is 4.90 Å². The third kappa shape index (κ3) is 3.20. The van der Waals surface area contributed by atoms with Gasteiger partial charge in [-0.3, -0.25) is 9.69 Å². The Morgan fingerprint density at radius 2 is 1.91 bits per heavy atom. The Hall–Kier alpha value is -1.24. The lowest BCUT2D eigenvalue weighted by atomic mass is 10.3. The fourth-order valence-electron chi connectivity index (χ4n) is 2.56. The number of hydrogen-bond acceptors (Lipinski definition) is 5. The minimum Gasteiger partial charge on any atom is -0.335 e. The van der Waals surface area contributed by atoms with E-state index in [1.807, 2.05) is 19.1 Å². The molecule has 2 aliphatic heterocycles. The van der Waals surface area contributed by atoms with Crippen LogP contribution >= 0.6 is 35.7 Å². The summed E-state index contributed by atoms with van der Waals surface area (Å²) in [4.78, 5) is 18.2. The first-order valence-electron chi connectivity index (χ1n) is 7.65. The number of anilines is 1. The number of fused-ring (bicyclic) bond motifs is 1. The lowest BCUT2D eigenvalue weighted by Gasteiger charge is -2.19. The lowest BCUT2D eigenvalue weighted by molar-refractivity contribution is -0.122. The van der Waals surface area contributed by atoms with Gasteiger partial charge in [-0.25, -0.2) is 0 Å². The molecule has 6 heteroatoms. The molecule has 3 nitrogen and oxygen atoms in total. The second-order valence-electron chi connectivity index (χ2n) is 5.17. The summed E-state index contributed by atoms with van der Waals surface area (Å²) >= 11 is 8.39. The van der Waals surface area contributed by atoms with E-state index in [0.29, 0.717) is 15.8 Å². The minimum absolute atomic E-state index is 0.0157. The average Bonchev–Trinajstić information content (AvgIpc) is 3.03. The Bertz CT molecular complexity index is 712. The molecule has 0 spiro atoms. The average molecular weight is 363 g/mol. The molecule has 0 N–H and O–H groups in total. The van der Waals surface area contributed by atoms with Gasteiger partial charge >= 0.3 is 0 Å². The zero-order valence-electron chi connectivity index (χ0n) is 13.1. The minimum atomic E-state index is 0.0157. The van der Waals surface area contributed by atoms with Crippen molar-refractivity contribution in [2.24, 2.45) is 0 Å². The molecule has 1 amide bonds. The number of para-hydroxylation sites is 1. The van der Waals surface area contributed by atoms with Crippen LogP contribution in [0.15, 0.2) is 51.2 Å². The van der Waals surface area contributed by atoms with E-state index in [2.05, 4.69) is 36.1 Å². The van der Waals surface area contributed by atoms with Crippen LogP contribution in [0.4, 0.5) is 5.69 Å². The predicted molar refractivity (Wildman–Crippen MR) is 104 cm³/mol. The van der Waals surface area contributed by atoms with Crippen molar-refractivity contribution >= 4 is 51.7 Å². The molecule has 1 aromatic rings. The molecular weight excluding hydrogens is 344 g/mol.